The summed E-state index contributed by atoms with van der Waals surface area (Å²) in [5.74, 6) is -0.808. The molecule has 0 aromatic heterocycles. The molecule has 0 saturated heterocycles. The molecule has 0 aromatic carbocycles. The summed E-state index contributed by atoms with van der Waals surface area (Å²) in [5, 5.41) is 3.21. The summed E-state index contributed by atoms with van der Waals surface area (Å²) in [7, 11) is 2.62. The second-order valence-electron chi connectivity index (χ2n) is 10.8. The molecule has 0 aliphatic rings. The van der Waals surface area contributed by atoms with Crippen molar-refractivity contribution in [3.63, 3.8) is 0 Å². The van der Waals surface area contributed by atoms with Gasteiger partial charge in [0.15, 0.2) is 0 Å². The van der Waals surface area contributed by atoms with E-state index < -0.39 is 53.3 Å². The number of hydrogen-bond donors (Lipinski definition) is 2. The third-order valence-electron chi connectivity index (χ3n) is 3.44. The molecule has 43 heavy (non-hydrogen) atoms. The Kier molecular flexibility index (Phi) is 36.6. The summed E-state index contributed by atoms with van der Waals surface area (Å²) in [6, 6.07) is -1.12. The molecule has 3 N–H and O–H groups in total. The number of rotatable bonds is 7. The smallest absolute Gasteiger partial charge is 1.00 e. The van der Waals surface area contributed by atoms with Gasteiger partial charge in [0, 0.05) is 9.76 Å². The van der Waals surface area contributed by atoms with E-state index in [0.717, 1.165) is 9.76 Å². The van der Waals surface area contributed by atoms with Crippen molar-refractivity contribution in [1.29, 1.82) is 0 Å². The van der Waals surface area contributed by atoms with Crippen LogP contribution in [0.3, 0.4) is 0 Å². The van der Waals surface area contributed by atoms with Crippen molar-refractivity contribution in [2.75, 3.05) is 24.0 Å². The summed E-state index contributed by atoms with van der Waals surface area (Å²) >= 11 is 5.29. The summed E-state index contributed by atoms with van der Waals surface area (Å²) in [6.45, 7) is 15.3. The van der Waals surface area contributed by atoms with Crippen molar-refractivity contribution >= 4 is 81.3 Å². The number of carbonyl (C=O) groups excluding carboxylic acids is 5. The Morgan fingerprint density at radius 2 is 1.14 bits per heavy atom. The van der Waals surface area contributed by atoms with Crippen molar-refractivity contribution < 1.29 is 106 Å². The summed E-state index contributed by atoms with van der Waals surface area (Å²) in [4.78, 5) is 55.3. The first-order valence-electron chi connectivity index (χ1n) is 12.2. The van der Waals surface area contributed by atoms with Crippen LogP contribution in [0.1, 0.15) is 75.2 Å². The molecular weight excluding hydrogens is 896 g/mol. The number of ether oxygens (including phenoxy) is 6. The molecule has 0 rings (SSSR count). The summed E-state index contributed by atoms with van der Waals surface area (Å²) in [6.07, 6.45) is -1.58. The average molecular weight is 944 g/mol. The maximum atomic E-state index is 11.4. The van der Waals surface area contributed by atoms with Gasteiger partial charge in [-0.1, -0.05) is 38.5 Å². The van der Waals surface area contributed by atoms with Crippen LogP contribution in [0.4, 0.5) is 14.4 Å². The van der Waals surface area contributed by atoms with Crippen molar-refractivity contribution in [1.82, 2.24) is 5.32 Å². The van der Waals surface area contributed by atoms with Crippen LogP contribution in [0.2, 0.25) is 0 Å². The van der Waals surface area contributed by atoms with Crippen LogP contribution >= 0.6 is 50.9 Å². The fourth-order valence-electron chi connectivity index (χ4n) is 1.95. The van der Waals surface area contributed by atoms with Gasteiger partial charge in [0.1, 0.15) is 28.9 Å². The zero-order chi connectivity index (χ0) is 32.3. The van der Waals surface area contributed by atoms with E-state index in [0.29, 0.717) is 12.8 Å². The van der Waals surface area contributed by atoms with Crippen LogP contribution in [0, 0.1) is 0 Å². The van der Waals surface area contributed by atoms with Gasteiger partial charge in [0.05, 0.1) is 14.2 Å². The molecule has 2 atom stereocenters. The molecule has 252 valence electrons. The number of nitrogens with one attached hydrogen (secondary N) is 1. The number of alkyl carbamates (subject to hydrolysis) is 1. The Morgan fingerprint density at radius 1 is 0.767 bits per heavy atom. The van der Waals surface area contributed by atoms with Crippen LogP contribution in [0.15, 0.2) is 0 Å². The van der Waals surface area contributed by atoms with E-state index in [9.17, 15) is 24.0 Å². The van der Waals surface area contributed by atoms with E-state index in [1.165, 1.54) is 14.2 Å². The minimum absolute atomic E-state index is 0. The third-order valence-corrected chi connectivity index (χ3v) is 4.52. The number of halogens is 4. The summed E-state index contributed by atoms with van der Waals surface area (Å²) < 4.78 is 28.6. The molecule has 18 heteroatoms. The Labute approximate surface area is 323 Å². The zero-order valence-electron chi connectivity index (χ0n) is 27.1. The van der Waals surface area contributed by atoms with E-state index >= 15 is 0 Å². The van der Waals surface area contributed by atoms with E-state index in [1.807, 2.05) is 0 Å². The fraction of sp³-hybridized carbons (Fsp3) is 0.800. The van der Waals surface area contributed by atoms with Gasteiger partial charge >= 0.3 is 59.9 Å². The van der Waals surface area contributed by atoms with E-state index in [2.05, 4.69) is 58.0 Å². The predicted molar refractivity (Wildman–Crippen MR) is 168 cm³/mol. The van der Waals surface area contributed by atoms with Gasteiger partial charge in [0.25, 0.3) is 0 Å². The number of amides is 1. The molecule has 13 nitrogen and oxygen atoms in total. The first-order chi connectivity index (χ1) is 18.0. The quantitative estimate of drug-likeness (QED) is 0.0834. The molecule has 0 bridgehead atoms. The number of carbonyl (C=O) groups is 5. The number of esters is 2. The zero-order valence-corrected chi connectivity index (χ0v) is 35.8. The molecule has 0 aliphatic carbocycles. The van der Waals surface area contributed by atoms with Crippen molar-refractivity contribution in [3.05, 3.63) is 0 Å². The van der Waals surface area contributed by atoms with Crippen LogP contribution in [-0.2, 0) is 38.0 Å². The Morgan fingerprint density at radius 3 is 1.42 bits per heavy atom. The average Bonchev–Trinajstić information content (AvgIpc) is 2.74. The van der Waals surface area contributed by atoms with Gasteiger partial charge in [0.2, 0.25) is 0 Å². The topological polar surface area (TPSA) is 179 Å². The third kappa shape index (κ3) is 40.1. The van der Waals surface area contributed by atoms with E-state index in [1.54, 1.807) is 62.3 Å². The van der Waals surface area contributed by atoms with Gasteiger partial charge in [-0.25, -0.2) is 19.2 Å². The molecule has 0 aromatic rings. The van der Waals surface area contributed by atoms with Crippen molar-refractivity contribution in [2.45, 2.75) is 104 Å². The van der Waals surface area contributed by atoms with Gasteiger partial charge in [-0.15, -0.1) is 12.4 Å². The normalized spacial score (nSPS) is 11.6. The maximum absolute atomic E-state index is 11.4. The summed E-state index contributed by atoms with van der Waals surface area (Å²) in [5.41, 5.74) is 3.37. The second kappa shape index (κ2) is 28.4. The van der Waals surface area contributed by atoms with Crippen LogP contribution in [0.25, 0.3) is 0 Å². The van der Waals surface area contributed by atoms with E-state index in [4.69, 9.17) is 19.9 Å². The number of methoxy groups -OCH3 is 2. The van der Waals surface area contributed by atoms with Crippen LogP contribution in [0.5, 0.6) is 0 Å². The number of alkyl halides is 2. The maximum Gasteiger partial charge on any atom is 1.00 e. The van der Waals surface area contributed by atoms with Crippen molar-refractivity contribution in [3.8, 4) is 0 Å². The minimum atomic E-state index is -1.06. The monoisotopic (exact) mass is 942 g/mol. The Hall–Kier alpha value is 0.140. The SMILES string of the molecule is CC(C)(C)OC(=O)OC(=O)OC(C)(C)C.COC(=O)[C@@H](N)CCBr.COC(=O)[C@H](CCI)NC(=O)OC(C)(C)C.Cl.[I-].[Na+]. The number of hydrogen-bond acceptors (Lipinski definition) is 12. The molecule has 0 aliphatic heterocycles. The Balaban J connectivity index is -0.000000119. The van der Waals surface area contributed by atoms with Crippen LogP contribution in [-0.4, -0.2) is 83.2 Å². The molecule has 0 spiro atoms. The van der Waals surface area contributed by atoms with E-state index in [-0.39, 0.29) is 71.9 Å². The molecular formula is C25H47BrClI2N2NaO11. The van der Waals surface area contributed by atoms with Gasteiger partial charge in [-0.05, 0) is 75.2 Å². The van der Waals surface area contributed by atoms with Gasteiger partial charge < -0.3 is 63.4 Å². The molecule has 0 saturated carbocycles. The number of nitrogens with two attached hydrogens (primary N) is 1. The molecule has 1 amide bonds. The van der Waals surface area contributed by atoms with Crippen molar-refractivity contribution in [2.24, 2.45) is 5.73 Å². The first kappa shape index (κ1) is 55.5. The standard InChI is InChI=1S/C10H18INO4.C10H18O5.C5H10BrNO2.ClH.HI.Na/c1-10(2,3)16-9(14)12-7(5-6-11)8(13)15-4;1-9(2,3)14-7(11)13-8(12)15-10(4,5)6;1-9-5(8)4(7)2-3-6;;;/h7H,5-6H2,1-4H3,(H,12,14);1-6H3;4H,2-3,7H2,1H3;2*1H;/q;;;;;+1/p-1/t7-;;4-;;;/m0.0.../s1. The Bertz CT molecular complexity index is 784. The molecule has 0 heterocycles. The van der Waals surface area contributed by atoms with Gasteiger partial charge in [-0.3, -0.25) is 4.79 Å². The molecule has 0 fully saturated rings. The fourth-order valence-corrected chi connectivity index (χ4v) is 3.06. The minimum Gasteiger partial charge on any atom is -1.00 e. The predicted octanol–water partition coefficient (Wildman–Crippen LogP) is -0.547. The van der Waals surface area contributed by atoms with Gasteiger partial charge in [-0.2, -0.15) is 0 Å². The van der Waals surface area contributed by atoms with Crippen LogP contribution < -0.4 is 64.6 Å². The molecule has 0 radical (unpaired) electrons. The second-order valence-corrected chi connectivity index (χ2v) is 12.7. The first-order valence-corrected chi connectivity index (χ1v) is 14.8. The largest absolute Gasteiger partial charge is 1.00 e. The molecule has 0 unspecified atom stereocenters.